The highest BCUT2D eigenvalue weighted by Crippen LogP contribution is 2.45. The van der Waals surface area contributed by atoms with Gasteiger partial charge in [-0.25, -0.2) is 9.79 Å². The number of amides is 3. The number of fused-ring (bicyclic) bond motifs is 1. The molecule has 3 aromatic rings. The van der Waals surface area contributed by atoms with Gasteiger partial charge in [-0.05, 0) is 55.7 Å². The Morgan fingerprint density at radius 2 is 1.54 bits per heavy atom. The molecule has 2 aliphatic heterocycles. The standard InChI is InChI=1S/C30H28N4O2S/c1-18-11-10-16-23(19(18)2)33-30(36)34-24-17-37-29-27(24)26(21-12-6-4-7-13-21)25(20(3)31-29)28(35)32-22-14-8-5-9-15-22/h4-16,26H,17H2,1-3H3,(H,32,35)(H2,33,34,36). The molecule has 0 saturated carbocycles. The van der Waals surface area contributed by atoms with Gasteiger partial charge in [-0.3, -0.25) is 4.79 Å². The van der Waals surface area contributed by atoms with E-state index in [4.69, 9.17) is 4.99 Å². The first kappa shape index (κ1) is 24.6. The van der Waals surface area contributed by atoms with Gasteiger partial charge in [0.05, 0.1) is 5.57 Å². The van der Waals surface area contributed by atoms with Crippen LogP contribution < -0.4 is 16.0 Å². The van der Waals surface area contributed by atoms with Crippen LogP contribution >= 0.6 is 11.8 Å². The van der Waals surface area contributed by atoms with E-state index >= 15 is 0 Å². The fourth-order valence-corrected chi connectivity index (χ4v) is 5.76. The van der Waals surface area contributed by atoms with Crippen LogP contribution in [-0.4, -0.2) is 22.7 Å². The highest BCUT2D eigenvalue weighted by molar-refractivity contribution is 8.15. The molecule has 2 heterocycles. The van der Waals surface area contributed by atoms with Crippen LogP contribution in [0.25, 0.3) is 0 Å². The molecule has 0 saturated heterocycles. The highest BCUT2D eigenvalue weighted by Gasteiger charge is 2.39. The van der Waals surface area contributed by atoms with E-state index in [1.807, 2.05) is 99.6 Å². The molecule has 3 amide bonds. The number of rotatable bonds is 5. The van der Waals surface area contributed by atoms with Gasteiger partial charge in [0, 0.05) is 40.0 Å². The van der Waals surface area contributed by atoms with E-state index in [-0.39, 0.29) is 17.9 Å². The molecule has 0 bridgehead atoms. The van der Waals surface area contributed by atoms with Crippen LogP contribution in [0.15, 0.2) is 106 Å². The minimum atomic E-state index is -0.358. The molecule has 1 unspecified atom stereocenters. The normalized spacial score (nSPS) is 16.7. The third kappa shape index (κ3) is 5.08. The molecule has 2 aliphatic rings. The summed E-state index contributed by atoms with van der Waals surface area (Å²) in [5.41, 5.74) is 7.47. The summed E-state index contributed by atoms with van der Waals surface area (Å²) in [7, 11) is 0. The SMILES string of the molecule is CC1=C(C(=O)Nc2ccccc2)C(c2ccccc2)C2=C(NC(=O)Nc3cccc(C)c3C)CSC2=N1. The van der Waals surface area contributed by atoms with Crippen LogP contribution in [0.5, 0.6) is 0 Å². The van der Waals surface area contributed by atoms with Crippen molar-refractivity contribution in [1.29, 1.82) is 0 Å². The first-order valence-corrected chi connectivity index (χ1v) is 13.1. The number of nitrogens with zero attached hydrogens (tertiary/aromatic N) is 1. The number of anilines is 2. The summed E-state index contributed by atoms with van der Waals surface area (Å²) in [6.45, 7) is 5.88. The van der Waals surface area contributed by atoms with E-state index in [1.54, 1.807) is 11.8 Å². The molecule has 1 atom stereocenters. The fourth-order valence-electron chi connectivity index (χ4n) is 4.66. The van der Waals surface area contributed by atoms with Crippen LogP contribution in [0.2, 0.25) is 0 Å². The lowest BCUT2D eigenvalue weighted by atomic mass is 9.81. The van der Waals surface area contributed by atoms with Gasteiger partial charge >= 0.3 is 6.03 Å². The topological polar surface area (TPSA) is 82.6 Å². The van der Waals surface area contributed by atoms with Crippen LogP contribution in [0.1, 0.15) is 29.5 Å². The predicted molar refractivity (Wildman–Crippen MR) is 152 cm³/mol. The summed E-state index contributed by atoms with van der Waals surface area (Å²) in [6, 6.07) is 24.8. The van der Waals surface area contributed by atoms with E-state index in [0.717, 1.165) is 44.4 Å². The van der Waals surface area contributed by atoms with E-state index in [2.05, 4.69) is 16.0 Å². The van der Waals surface area contributed by atoms with Crippen molar-refractivity contribution in [2.45, 2.75) is 26.7 Å². The number of carbonyl (C=O) groups is 2. The summed E-state index contributed by atoms with van der Waals surface area (Å²) in [6.07, 6.45) is 0. The third-order valence-electron chi connectivity index (χ3n) is 6.67. The molecule has 0 aliphatic carbocycles. The maximum Gasteiger partial charge on any atom is 0.323 e. The zero-order valence-corrected chi connectivity index (χ0v) is 21.8. The number of para-hydroxylation sites is 1. The van der Waals surface area contributed by atoms with E-state index < -0.39 is 0 Å². The molecular weight excluding hydrogens is 480 g/mol. The second kappa shape index (κ2) is 10.5. The number of hydrogen-bond acceptors (Lipinski definition) is 4. The van der Waals surface area contributed by atoms with E-state index in [0.29, 0.717) is 17.0 Å². The summed E-state index contributed by atoms with van der Waals surface area (Å²) in [4.78, 5) is 31.5. The number of thioether (sulfide) groups is 1. The third-order valence-corrected chi connectivity index (χ3v) is 7.69. The van der Waals surface area contributed by atoms with Gasteiger partial charge in [0.15, 0.2) is 0 Å². The Kier molecular flexibility index (Phi) is 6.97. The van der Waals surface area contributed by atoms with Gasteiger partial charge in [0.25, 0.3) is 5.91 Å². The molecule has 5 rings (SSSR count). The largest absolute Gasteiger partial charge is 0.323 e. The predicted octanol–water partition coefficient (Wildman–Crippen LogP) is 6.53. The molecule has 37 heavy (non-hydrogen) atoms. The Bertz CT molecular complexity index is 1460. The minimum absolute atomic E-state index is 0.205. The number of benzene rings is 3. The van der Waals surface area contributed by atoms with Gasteiger partial charge in [-0.15, -0.1) is 0 Å². The molecule has 3 aromatic carbocycles. The molecule has 0 fully saturated rings. The Labute approximate surface area is 221 Å². The molecule has 0 radical (unpaired) electrons. The molecule has 7 heteroatoms. The quantitative estimate of drug-likeness (QED) is 0.366. The Hall–Kier alpha value is -4.10. The average Bonchev–Trinajstić information content (AvgIpc) is 3.28. The number of hydrogen-bond donors (Lipinski definition) is 3. The van der Waals surface area contributed by atoms with Crippen molar-refractivity contribution in [3.63, 3.8) is 0 Å². The second-order valence-corrected chi connectivity index (χ2v) is 10.1. The maximum atomic E-state index is 13.6. The number of aliphatic imine (C=N–C) groups is 1. The van der Waals surface area contributed by atoms with Crippen molar-refractivity contribution in [1.82, 2.24) is 5.32 Å². The molecule has 3 N–H and O–H groups in total. The number of urea groups is 1. The van der Waals surface area contributed by atoms with Crippen molar-refractivity contribution in [2.24, 2.45) is 4.99 Å². The number of nitrogens with one attached hydrogen (secondary N) is 3. The van der Waals surface area contributed by atoms with Crippen molar-refractivity contribution in [3.05, 3.63) is 118 Å². The smallest absolute Gasteiger partial charge is 0.322 e. The van der Waals surface area contributed by atoms with Gasteiger partial charge in [-0.2, -0.15) is 0 Å². The molecule has 186 valence electrons. The number of aryl methyl sites for hydroxylation is 1. The Balaban J connectivity index is 1.51. The number of allylic oxidation sites excluding steroid dienone is 1. The highest BCUT2D eigenvalue weighted by atomic mass is 32.2. The maximum absolute atomic E-state index is 13.6. The van der Waals surface area contributed by atoms with Gasteiger partial charge < -0.3 is 16.0 Å². The molecule has 0 aromatic heterocycles. The average molecular weight is 509 g/mol. The van der Waals surface area contributed by atoms with Crippen LogP contribution in [0.4, 0.5) is 16.2 Å². The number of carbonyl (C=O) groups excluding carboxylic acids is 2. The lowest BCUT2D eigenvalue weighted by molar-refractivity contribution is -0.113. The van der Waals surface area contributed by atoms with Crippen LogP contribution in [0.3, 0.4) is 0 Å². The van der Waals surface area contributed by atoms with E-state index in [1.165, 1.54) is 0 Å². The second-order valence-electron chi connectivity index (χ2n) is 9.09. The summed E-state index contributed by atoms with van der Waals surface area (Å²) in [5, 5.41) is 9.91. The van der Waals surface area contributed by atoms with Crippen molar-refractivity contribution in [2.75, 3.05) is 16.4 Å². The minimum Gasteiger partial charge on any atom is -0.322 e. The molecule has 0 spiro atoms. The van der Waals surface area contributed by atoms with Gasteiger partial charge in [0.1, 0.15) is 5.04 Å². The summed E-state index contributed by atoms with van der Waals surface area (Å²) >= 11 is 1.58. The van der Waals surface area contributed by atoms with Gasteiger partial charge in [0.2, 0.25) is 0 Å². The van der Waals surface area contributed by atoms with Crippen molar-refractivity contribution < 1.29 is 9.59 Å². The van der Waals surface area contributed by atoms with Crippen molar-refractivity contribution in [3.8, 4) is 0 Å². The summed E-state index contributed by atoms with van der Waals surface area (Å²) < 4.78 is 0. The van der Waals surface area contributed by atoms with Crippen LogP contribution in [-0.2, 0) is 4.79 Å². The zero-order chi connectivity index (χ0) is 25.9. The molecule has 6 nitrogen and oxygen atoms in total. The van der Waals surface area contributed by atoms with Crippen LogP contribution in [0, 0.1) is 13.8 Å². The zero-order valence-electron chi connectivity index (χ0n) is 21.0. The molecular formula is C30H28N4O2S. The van der Waals surface area contributed by atoms with Gasteiger partial charge in [-0.1, -0.05) is 72.4 Å². The van der Waals surface area contributed by atoms with E-state index in [9.17, 15) is 9.59 Å². The Morgan fingerprint density at radius 3 is 2.27 bits per heavy atom. The first-order chi connectivity index (χ1) is 17.9. The lowest BCUT2D eigenvalue weighted by Gasteiger charge is -2.28. The fraction of sp³-hybridized carbons (Fsp3) is 0.167. The first-order valence-electron chi connectivity index (χ1n) is 12.1. The lowest BCUT2D eigenvalue weighted by Crippen LogP contribution is -2.32. The summed E-state index contributed by atoms with van der Waals surface area (Å²) in [5.74, 6) is 0.00541. The van der Waals surface area contributed by atoms with Crippen molar-refractivity contribution >= 4 is 40.1 Å². The Morgan fingerprint density at radius 1 is 0.838 bits per heavy atom. The monoisotopic (exact) mass is 508 g/mol.